The number of halogens is 2. The van der Waals surface area contributed by atoms with Crippen molar-refractivity contribution in [2.45, 2.75) is 24.9 Å². The number of nitrogens with one attached hydrogen (secondary N) is 2. The highest BCUT2D eigenvalue weighted by atomic mass is 35.5. The van der Waals surface area contributed by atoms with Crippen LogP contribution in [0.4, 0.5) is 4.39 Å². The first-order chi connectivity index (χ1) is 14.2. The Kier molecular flexibility index (Phi) is 6.44. The Morgan fingerprint density at radius 3 is 2.57 bits per heavy atom. The summed E-state index contributed by atoms with van der Waals surface area (Å²) in [5, 5.41) is 6.62. The van der Waals surface area contributed by atoms with Crippen molar-refractivity contribution in [1.82, 2.24) is 29.8 Å². The van der Waals surface area contributed by atoms with E-state index in [9.17, 15) is 17.6 Å². The lowest BCUT2D eigenvalue weighted by molar-refractivity contribution is 0.0944. The molecule has 2 heterocycles. The van der Waals surface area contributed by atoms with Gasteiger partial charge in [-0.2, -0.15) is 5.10 Å². The number of nitrogens with zero attached hydrogens (tertiary/aromatic N) is 4. The lowest BCUT2D eigenvalue weighted by atomic mass is 10.3. The Balaban J connectivity index is 1.59. The molecular weight excluding hydrogens is 435 g/mol. The molecular formula is C18H18ClFN6O3S. The zero-order valence-electron chi connectivity index (χ0n) is 16.1. The lowest BCUT2D eigenvalue weighted by Crippen LogP contribution is -2.26. The highest BCUT2D eigenvalue weighted by Crippen LogP contribution is 2.19. The molecule has 2 aromatic heterocycles. The van der Waals surface area contributed by atoms with Gasteiger partial charge in [-0.05, 0) is 31.2 Å². The highest BCUT2D eigenvalue weighted by molar-refractivity contribution is 7.89. The number of aryl methyl sites for hydroxylation is 2. The first-order valence-corrected chi connectivity index (χ1v) is 10.5. The molecule has 3 aromatic rings. The largest absolute Gasteiger partial charge is 0.345 e. The van der Waals surface area contributed by atoms with E-state index in [2.05, 4.69) is 25.1 Å². The van der Waals surface area contributed by atoms with Gasteiger partial charge >= 0.3 is 0 Å². The van der Waals surface area contributed by atoms with E-state index >= 15 is 0 Å². The van der Waals surface area contributed by atoms with Crippen molar-refractivity contribution in [3.05, 3.63) is 70.3 Å². The first kappa shape index (κ1) is 21.8. The van der Waals surface area contributed by atoms with E-state index in [1.54, 1.807) is 11.7 Å². The Bertz CT molecular complexity index is 1180. The number of sulfonamides is 1. The van der Waals surface area contributed by atoms with E-state index < -0.39 is 21.7 Å². The van der Waals surface area contributed by atoms with Crippen LogP contribution < -0.4 is 10.0 Å². The molecule has 158 valence electrons. The predicted molar refractivity (Wildman–Crippen MR) is 107 cm³/mol. The summed E-state index contributed by atoms with van der Waals surface area (Å²) in [4.78, 5) is 20.1. The van der Waals surface area contributed by atoms with Crippen LogP contribution in [-0.4, -0.2) is 34.1 Å². The van der Waals surface area contributed by atoms with Crippen LogP contribution in [0.5, 0.6) is 0 Å². The monoisotopic (exact) mass is 452 g/mol. The van der Waals surface area contributed by atoms with Gasteiger partial charge in [0.15, 0.2) is 0 Å². The Labute approximate surface area is 177 Å². The van der Waals surface area contributed by atoms with Crippen LogP contribution in [-0.2, 0) is 30.2 Å². The second kappa shape index (κ2) is 8.86. The maximum absolute atomic E-state index is 13.2. The molecule has 1 aromatic carbocycles. The smallest absolute Gasteiger partial charge is 0.271 e. The van der Waals surface area contributed by atoms with Crippen molar-refractivity contribution in [2.75, 3.05) is 0 Å². The minimum absolute atomic E-state index is 0.0887. The molecule has 0 radical (unpaired) electrons. The third-order valence-electron chi connectivity index (χ3n) is 4.11. The summed E-state index contributed by atoms with van der Waals surface area (Å²) in [5.74, 6) is -1.14. The normalized spacial score (nSPS) is 11.5. The fourth-order valence-electron chi connectivity index (χ4n) is 2.55. The Morgan fingerprint density at radius 2 is 1.97 bits per heavy atom. The zero-order valence-corrected chi connectivity index (χ0v) is 17.6. The van der Waals surface area contributed by atoms with Gasteiger partial charge in [-0.1, -0.05) is 11.6 Å². The molecule has 30 heavy (non-hydrogen) atoms. The van der Waals surface area contributed by atoms with Crippen molar-refractivity contribution in [2.24, 2.45) is 7.05 Å². The molecule has 0 bridgehead atoms. The number of hydrogen-bond donors (Lipinski definition) is 2. The van der Waals surface area contributed by atoms with Crippen molar-refractivity contribution < 1.29 is 17.6 Å². The van der Waals surface area contributed by atoms with Gasteiger partial charge in [-0.15, -0.1) is 0 Å². The van der Waals surface area contributed by atoms with Gasteiger partial charge in [0.05, 0.1) is 52.5 Å². The molecule has 0 saturated carbocycles. The molecule has 0 aliphatic rings. The van der Waals surface area contributed by atoms with Gasteiger partial charge in [-0.25, -0.2) is 22.5 Å². The molecule has 0 unspecified atom stereocenters. The van der Waals surface area contributed by atoms with Gasteiger partial charge in [0.1, 0.15) is 11.5 Å². The summed E-state index contributed by atoms with van der Waals surface area (Å²) < 4.78 is 41.8. The third kappa shape index (κ3) is 5.17. The van der Waals surface area contributed by atoms with E-state index in [1.807, 2.05) is 13.0 Å². The Hall–Kier alpha value is -2.89. The number of benzene rings is 1. The lowest BCUT2D eigenvalue weighted by Gasteiger charge is -2.08. The molecule has 0 fully saturated rings. The van der Waals surface area contributed by atoms with E-state index in [0.717, 1.165) is 29.6 Å². The van der Waals surface area contributed by atoms with Crippen LogP contribution in [0.1, 0.15) is 27.6 Å². The van der Waals surface area contributed by atoms with E-state index in [0.29, 0.717) is 5.69 Å². The molecule has 0 atom stereocenters. The standard InChI is InChI=1S/C18H18ClFN6O3S/c1-11-5-13(26(2)25-11)9-23-18(27)17-10-21-12(7-22-17)8-24-30(28,29)14-3-4-16(20)15(19)6-14/h3-7,10,24H,8-9H2,1-2H3,(H,23,27). The number of carbonyl (C=O) groups is 1. The second-order valence-corrected chi connectivity index (χ2v) is 8.55. The summed E-state index contributed by atoms with van der Waals surface area (Å²) in [6, 6.07) is 4.95. The molecule has 1 amide bonds. The van der Waals surface area contributed by atoms with Gasteiger partial charge in [0.2, 0.25) is 10.0 Å². The second-order valence-electron chi connectivity index (χ2n) is 6.38. The van der Waals surface area contributed by atoms with E-state index in [-0.39, 0.29) is 28.7 Å². The number of rotatable bonds is 7. The molecule has 12 heteroatoms. The summed E-state index contributed by atoms with van der Waals surface area (Å²) in [7, 11) is -2.14. The number of hydrogen-bond acceptors (Lipinski definition) is 6. The summed E-state index contributed by atoms with van der Waals surface area (Å²) >= 11 is 5.63. The average Bonchev–Trinajstić information content (AvgIpc) is 3.04. The zero-order chi connectivity index (χ0) is 21.9. The molecule has 0 spiro atoms. The summed E-state index contributed by atoms with van der Waals surface area (Å²) in [6.07, 6.45) is 2.55. The SMILES string of the molecule is Cc1cc(CNC(=O)c2cnc(CNS(=O)(=O)c3ccc(F)c(Cl)c3)cn2)n(C)n1. The van der Waals surface area contributed by atoms with Crippen molar-refractivity contribution in [3.63, 3.8) is 0 Å². The highest BCUT2D eigenvalue weighted by Gasteiger charge is 2.16. The van der Waals surface area contributed by atoms with Crippen LogP contribution in [0.2, 0.25) is 5.02 Å². The van der Waals surface area contributed by atoms with Crippen LogP contribution in [0.15, 0.2) is 41.6 Å². The number of carbonyl (C=O) groups excluding carboxylic acids is 1. The van der Waals surface area contributed by atoms with Crippen LogP contribution >= 0.6 is 11.6 Å². The summed E-state index contributed by atoms with van der Waals surface area (Å²) in [5.41, 5.74) is 2.06. The van der Waals surface area contributed by atoms with Crippen LogP contribution in [0.3, 0.4) is 0 Å². The predicted octanol–water partition coefficient (Wildman–Crippen LogP) is 1.72. The van der Waals surface area contributed by atoms with E-state index in [4.69, 9.17) is 11.6 Å². The van der Waals surface area contributed by atoms with Crippen molar-refractivity contribution in [1.29, 1.82) is 0 Å². The quantitative estimate of drug-likeness (QED) is 0.563. The van der Waals surface area contributed by atoms with Crippen molar-refractivity contribution >= 4 is 27.5 Å². The molecule has 0 aliphatic heterocycles. The minimum atomic E-state index is -3.92. The van der Waals surface area contributed by atoms with Crippen LogP contribution in [0.25, 0.3) is 0 Å². The van der Waals surface area contributed by atoms with Gasteiger partial charge in [0.25, 0.3) is 5.91 Å². The first-order valence-electron chi connectivity index (χ1n) is 8.69. The molecule has 2 N–H and O–H groups in total. The van der Waals surface area contributed by atoms with Gasteiger partial charge in [-0.3, -0.25) is 14.5 Å². The summed E-state index contributed by atoms with van der Waals surface area (Å²) in [6.45, 7) is 1.97. The molecule has 0 aliphatic carbocycles. The van der Waals surface area contributed by atoms with Gasteiger partial charge in [0, 0.05) is 7.05 Å². The molecule has 0 saturated heterocycles. The van der Waals surface area contributed by atoms with Crippen LogP contribution in [0, 0.1) is 12.7 Å². The third-order valence-corrected chi connectivity index (χ3v) is 5.80. The van der Waals surface area contributed by atoms with E-state index in [1.165, 1.54) is 12.4 Å². The average molecular weight is 453 g/mol. The fourth-order valence-corrected chi connectivity index (χ4v) is 3.82. The maximum Gasteiger partial charge on any atom is 0.271 e. The topological polar surface area (TPSA) is 119 Å². The molecule has 9 nitrogen and oxygen atoms in total. The number of aromatic nitrogens is 4. The molecule has 3 rings (SSSR count). The Morgan fingerprint density at radius 1 is 1.20 bits per heavy atom. The number of amides is 1. The fraction of sp³-hybridized carbons (Fsp3) is 0.222. The minimum Gasteiger partial charge on any atom is -0.345 e. The van der Waals surface area contributed by atoms with Gasteiger partial charge < -0.3 is 5.32 Å². The maximum atomic E-state index is 13.2. The van der Waals surface area contributed by atoms with Crippen molar-refractivity contribution in [3.8, 4) is 0 Å².